The van der Waals surface area contributed by atoms with Crippen molar-refractivity contribution in [2.45, 2.75) is 36.7 Å². The summed E-state index contributed by atoms with van der Waals surface area (Å²) < 4.78 is 33.9. The maximum atomic E-state index is 12.6. The average molecular weight is 481 g/mol. The Morgan fingerprint density at radius 3 is 2.45 bits per heavy atom. The molecule has 4 rings (SSSR count). The quantitative estimate of drug-likeness (QED) is 0.556. The number of nitrogens with one attached hydrogen (secondary N) is 1. The van der Waals surface area contributed by atoms with Crippen LogP contribution in [0.3, 0.4) is 0 Å². The first-order chi connectivity index (χ1) is 14.8. The number of piperidine rings is 1. The molecule has 2 aromatic carbocycles. The Balaban J connectivity index is 1.36. The molecule has 2 heterocycles. The van der Waals surface area contributed by atoms with Crippen LogP contribution in [-0.4, -0.2) is 42.6 Å². The molecule has 1 fully saturated rings. The summed E-state index contributed by atoms with van der Waals surface area (Å²) in [6.45, 7) is 3.43. The van der Waals surface area contributed by atoms with Crippen LogP contribution in [0.2, 0.25) is 10.0 Å². The van der Waals surface area contributed by atoms with Crippen molar-refractivity contribution in [1.82, 2.24) is 19.8 Å². The van der Waals surface area contributed by atoms with E-state index in [4.69, 9.17) is 27.6 Å². The van der Waals surface area contributed by atoms with Gasteiger partial charge in [0.1, 0.15) is 0 Å². The van der Waals surface area contributed by atoms with Crippen molar-refractivity contribution in [3.63, 3.8) is 0 Å². The fourth-order valence-corrected chi connectivity index (χ4v) is 5.22. The van der Waals surface area contributed by atoms with E-state index in [2.05, 4.69) is 19.8 Å². The number of likely N-dealkylation sites (tertiary alicyclic amines) is 1. The highest BCUT2D eigenvalue weighted by atomic mass is 35.5. The van der Waals surface area contributed by atoms with Crippen molar-refractivity contribution in [2.24, 2.45) is 0 Å². The molecule has 3 aromatic rings. The highest BCUT2D eigenvalue weighted by molar-refractivity contribution is 7.89. The second-order valence-corrected chi connectivity index (χ2v) is 10.1. The van der Waals surface area contributed by atoms with Crippen LogP contribution < -0.4 is 4.72 Å². The summed E-state index contributed by atoms with van der Waals surface area (Å²) in [6.07, 6.45) is 1.37. The maximum absolute atomic E-state index is 12.6. The molecule has 0 aliphatic carbocycles. The molecule has 1 saturated heterocycles. The lowest BCUT2D eigenvalue weighted by Crippen LogP contribution is -2.45. The lowest BCUT2D eigenvalue weighted by Gasteiger charge is -2.34. The molecule has 1 aliphatic rings. The van der Waals surface area contributed by atoms with E-state index < -0.39 is 10.0 Å². The Hall–Kier alpha value is -1.97. The van der Waals surface area contributed by atoms with Crippen LogP contribution in [0.15, 0.2) is 57.8 Å². The third-order valence-electron chi connectivity index (χ3n) is 5.39. The third kappa shape index (κ3) is 5.27. The van der Waals surface area contributed by atoms with E-state index >= 15 is 0 Å². The predicted molar refractivity (Wildman–Crippen MR) is 120 cm³/mol. The van der Waals surface area contributed by atoms with Crippen LogP contribution in [0.4, 0.5) is 0 Å². The van der Waals surface area contributed by atoms with Crippen molar-refractivity contribution in [2.75, 3.05) is 13.1 Å². The monoisotopic (exact) mass is 480 g/mol. The number of sulfonamides is 1. The first kappa shape index (κ1) is 22.2. The Morgan fingerprint density at radius 1 is 1.06 bits per heavy atom. The number of aromatic nitrogens is 2. The van der Waals surface area contributed by atoms with E-state index in [0.717, 1.165) is 5.56 Å². The number of halogens is 2. The van der Waals surface area contributed by atoms with Gasteiger partial charge in [0, 0.05) is 34.7 Å². The molecule has 164 valence electrons. The van der Waals surface area contributed by atoms with E-state index in [1.165, 1.54) is 12.1 Å². The molecule has 10 heteroatoms. The molecular weight excluding hydrogens is 459 g/mol. The minimum Gasteiger partial charge on any atom is -0.419 e. The summed E-state index contributed by atoms with van der Waals surface area (Å²) in [5.41, 5.74) is 0.772. The molecule has 0 saturated carbocycles. The summed E-state index contributed by atoms with van der Waals surface area (Å²) in [5.74, 6) is 0.949. The number of rotatable bonds is 6. The fourth-order valence-electron chi connectivity index (χ4n) is 3.60. The van der Waals surface area contributed by atoms with Crippen molar-refractivity contribution in [3.05, 3.63) is 64.5 Å². The van der Waals surface area contributed by atoms with Gasteiger partial charge < -0.3 is 4.42 Å². The predicted octanol–water partition coefficient (Wildman–Crippen LogP) is 4.55. The van der Waals surface area contributed by atoms with Crippen molar-refractivity contribution in [1.29, 1.82) is 0 Å². The molecule has 7 nitrogen and oxygen atoms in total. The second kappa shape index (κ2) is 9.26. The smallest absolute Gasteiger partial charge is 0.247 e. The van der Waals surface area contributed by atoms with Gasteiger partial charge in [-0.25, -0.2) is 13.1 Å². The summed E-state index contributed by atoms with van der Waals surface area (Å²) in [7, 11) is -3.58. The van der Waals surface area contributed by atoms with Crippen molar-refractivity contribution < 1.29 is 12.8 Å². The normalized spacial score (nSPS) is 17.0. The zero-order valence-electron chi connectivity index (χ0n) is 16.8. The van der Waals surface area contributed by atoms with Gasteiger partial charge in [0.05, 0.1) is 10.9 Å². The second-order valence-electron chi connectivity index (χ2n) is 7.52. The standard InChI is InChI=1S/C21H22Cl2N4O3S/c1-14(20-24-25-21(30-20)15-3-2-4-17(23)13-15)27-11-9-18(10-12-27)26-31(28,29)19-7-5-16(22)6-8-19/h2-8,13-14,18,26H,9-12H2,1H3. The molecule has 31 heavy (non-hydrogen) atoms. The Morgan fingerprint density at radius 2 is 1.77 bits per heavy atom. The largest absolute Gasteiger partial charge is 0.419 e. The van der Waals surface area contributed by atoms with E-state index in [0.29, 0.717) is 47.8 Å². The molecule has 0 bridgehead atoms. The number of hydrogen-bond donors (Lipinski definition) is 1. The van der Waals surface area contributed by atoms with Crippen LogP contribution in [0.5, 0.6) is 0 Å². The highest BCUT2D eigenvalue weighted by Gasteiger charge is 2.29. The average Bonchev–Trinajstić information content (AvgIpc) is 3.24. The van der Waals surface area contributed by atoms with Gasteiger partial charge in [-0.05, 0) is 62.2 Å². The molecule has 1 aromatic heterocycles. The van der Waals surface area contributed by atoms with Crippen LogP contribution in [0, 0.1) is 0 Å². The van der Waals surface area contributed by atoms with Gasteiger partial charge >= 0.3 is 0 Å². The van der Waals surface area contributed by atoms with Gasteiger partial charge in [-0.2, -0.15) is 0 Å². The lowest BCUT2D eigenvalue weighted by atomic mass is 10.0. The van der Waals surface area contributed by atoms with E-state index in [9.17, 15) is 8.42 Å². The summed E-state index contributed by atoms with van der Waals surface area (Å²) in [5, 5.41) is 9.45. The first-order valence-corrected chi connectivity index (χ1v) is 12.2. The Labute approximate surface area is 191 Å². The highest BCUT2D eigenvalue weighted by Crippen LogP contribution is 2.28. The topological polar surface area (TPSA) is 88.3 Å². The number of benzene rings is 2. The number of hydrogen-bond acceptors (Lipinski definition) is 6. The molecule has 1 atom stereocenters. The Kier molecular flexibility index (Phi) is 6.64. The molecule has 0 radical (unpaired) electrons. The molecule has 0 amide bonds. The van der Waals surface area contributed by atoms with Crippen LogP contribution in [-0.2, 0) is 10.0 Å². The first-order valence-electron chi connectivity index (χ1n) is 9.93. The molecular formula is C21H22Cl2N4O3S. The molecule has 1 aliphatic heterocycles. The van der Waals surface area contributed by atoms with E-state index in [1.807, 2.05) is 19.1 Å². The summed E-state index contributed by atoms with van der Waals surface area (Å²) in [4.78, 5) is 2.43. The van der Waals surface area contributed by atoms with Crippen LogP contribution >= 0.6 is 23.2 Å². The van der Waals surface area contributed by atoms with Crippen molar-refractivity contribution in [3.8, 4) is 11.5 Å². The van der Waals surface area contributed by atoms with Crippen LogP contribution in [0.1, 0.15) is 31.7 Å². The van der Waals surface area contributed by atoms with Gasteiger partial charge in [-0.15, -0.1) is 10.2 Å². The SMILES string of the molecule is CC(c1nnc(-c2cccc(Cl)c2)o1)N1CCC(NS(=O)(=O)c2ccc(Cl)cc2)CC1. The zero-order chi connectivity index (χ0) is 22.0. The molecule has 1 N–H and O–H groups in total. The zero-order valence-corrected chi connectivity index (χ0v) is 19.2. The maximum Gasteiger partial charge on any atom is 0.247 e. The van der Waals surface area contributed by atoms with Gasteiger partial charge in [0.15, 0.2) is 0 Å². The minimum absolute atomic E-state index is 0.0748. The van der Waals surface area contributed by atoms with Gasteiger partial charge in [-0.3, -0.25) is 4.90 Å². The molecule has 1 unspecified atom stereocenters. The van der Waals surface area contributed by atoms with Gasteiger partial charge in [-0.1, -0.05) is 29.3 Å². The van der Waals surface area contributed by atoms with Crippen molar-refractivity contribution >= 4 is 33.2 Å². The van der Waals surface area contributed by atoms with Gasteiger partial charge in [0.2, 0.25) is 21.8 Å². The lowest BCUT2D eigenvalue weighted by molar-refractivity contribution is 0.140. The summed E-state index contributed by atoms with van der Waals surface area (Å²) in [6, 6.07) is 13.2. The molecule has 0 spiro atoms. The fraction of sp³-hybridized carbons (Fsp3) is 0.333. The van der Waals surface area contributed by atoms with Crippen LogP contribution in [0.25, 0.3) is 11.5 Å². The minimum atomic E-state index is -3.58. The van der Waals surface area contributed by atoms with E-state index in [1.54, 1.807) is 24.3 Å². The third-order valence-corrected chi connectivity index (χ3v) is 7.42. The van der Waals surface area contributed by atoms with E-state index in [-0.39, 0.29) is 17.0 Å². The Bertz CT molecular complexity index is 1140. The van der Waals surface area contributed by atoms with Gasteiger partial charge in [0.25, 0.3) is 0 Å². The number of nitrogens with zero attached hydrogens (tertiary/aromatic N) is 3. The summed E-state index contributed by atoms with van der Waals surface area (Å²) >= 11 is 11.9.